The van der Waals surface area contributed by atoms with E-state index in [2.05, 4.69) is 11.4 Å². The number of halogens is 2. The molecule has 1 N–H and O–H groups in total. The zero-order valence-corrected chi connectivity index (χ0v) is 11.3. The molecule has 18 heavy (non-hydrogen) atoms. The molecule has 0 saturated carbocycles. The molecule has 1 heterocycles. The Morgan fingerprint density at radius 1 is 1.39 bits per heavy atom. The molecule has 2 atom stereocenters. The first-order valence-corrected chi connectivity index (χ1v) is 6.65. The highest BCUT2D eigenvalue weighted by Gasteiger charge is 2.18. The molecule has 1 aliphatic heterocycles. The minimum absolute atomic E-state index is 0.204. The minimum atomic E-state index is -0.412. The van der Waals surface area contributed by atoms with Crippen LogP contribution in [0.15, 0.2) is 18.2 Å². The van der Waals surface area contributed by atoms with Crippen LogP contribution in [0.5, 0.6) is 0 Å². The maximum absolute atomic E-state index is 9.20. The molecular weight excluding hydrogens is 271 g/mol. The monoisotopic (exact) mass is 284 g/mol. The zero-order chi connectivity index (χ0) is 13.0. The van der Waals surface area contributed by atoms with E-state index in [4.69, 9.17) is 27.9 Å². The van der Waals surface area contributed by atoms with Crippen molar-refractivity contribution in [2.45, 2.75) is 25.0 Å². The fourth-order valence-electron chi connectivity index (χ4n) is 2.03. The van der Waals surface area contributed by atoms with Crippen LogP contribution in [0.3, 0.4) is 0 Å². The standard InChI is InChI=1S/C13H14Cl2N2O/c14-10-4-9(5-11(15)6-10)13(7-16)17-8-12-2-1-3-18-12/h4-6,12-13,17H,1-3,8H2. The summed E-state index contributed by atoms with van der Waals surface area (Å²) in [5, 5.41) is 13.5. The second kappa shape index (κ2) is 6.40. The Balaban J connectivity index is 2.01. The van der Waals surface area contributed by atoms with Crippen LogP contribution in [0, 0.1) is 11.3 Å². The van der Waals surface area contributed by atoms with Crippen LogP contribution in [-0.4, -0.2) is 19.3 Å². The fraction of sp³-hybridized carbons (Fsp3) is 0.462. The molecule has 0 spiro atoms. The Bertz CT molecular complexity index is 433. The summed E-state index contributed by atoms with van der Waals surface area (Å²) in [6, 6.07) is 6.96. The van der Waals surface area contributed by atoms with Gasteiger partial charge in [-0.3, -0.25) is 5.32 Å². The van der Waals surface area contributed by atoms with Gasteiger partial charge in [0.05, 0.1) is 12.2 Å². The van der Waals surface area contributed by atoms with Crippen molar-refractivity contribution in [2.75, 3.05) is 13.2 Å². The van der Waals surface area contributed by atoms with Crippen molar-refractivity contribution in [1.82, 2.24) is 5.32 Å². The van der Waals surface area contributed by atoms with Gasteiger partial charge in [-0.25, -0.2) is 0 Å². The van der Waals surface area contributed by atoms with Crippen LogP contribution >= 0.6 is 23.2 Å². The third-order valence-electron chi connectivity index (χ3n) is 2.92. The number of hydrogen-bond donors (Lipinski definition) is 1. The molecule has 0 amide bonds. The lowest BCUT2D eigenvalue weighted by Gasteiger charge is -2.15. The first kappa shape index (κ1) is 13.6. The van der Waals surface area contributed by atoms with Crippen LogP contribution in [-0.2, 0) is 4.74 Å². The fourth-order valence-corrected chi connectivity index (χ4v) is 2.58. The number of nitrogens with zero attached hydrogens (tertiary/aromatic N) is 1. The lowest BCUT2D eigenvalue weighted by atomic mass is 10.1. The van der Waals surface area contributed by atoms with Crippen molar-refractivity contribution in [2.24, 2.45) is 0 Å². The van der Waals surface area contributed by atoms with E-state index >= 15 is 0 Å². The maximum Gasteiger partial charge on any atom is 0.121 e. The van der Waals surface area contributed by atoms with E-state index in [9.17, 15) is 5.26 Å². The Morgan fingerprint density at radius 3 is 2.67 bits per heavy atom. The average molecular weight is 285 g/mol. The second-order valence-corrected chi connectivity index (χ2v) is 5.18. The highest BCUT2D eigenvalue weighted by Crippen LogP contribution is 2.23. The van der Waals surface area contributed by atoms with Gasteiger partial charge in [-0.05, 0) is 36.6 Å². The normalized spacial score (nSPS) is 20.6. The van der Waals surface area contributed by atoms with Gasteiger partial charge in [0.15, 0.2) is 0 Å². The highest BCUT2D eigenvalue weighted by molar-refractivity contribution is 6.34. The van der Waals surface area contributed by atoms with Gasteiger partial charge in [-0.2, -0.15) is 5.26 Å². The third kappa shape index (κ3) is 3.60. The lowest BCUT2D eigenvalue weighted by molar-refractivity contribution is 0.109. The van der Waals surface area contributed by atoms with Gasteiger partial charge in [0.25, 0.3) is 0 Å². The SMILES string of the molecule is N#CC(NCC1CCCO1)c1cc(Cl)cc(Cl)c1. The molecule has 1 fully saturated rings. The summed E-state index contributed by atoms with van der Waals surface area (Å²) in [5.74, 6) is 0. The number of nitriles is 1. The first-order valence-electron chi connectivity index (χ1n) is 5.89. The van der Waals surface area contributed by atoms with Crippen molar-refractivity contribution in [3.8, 4) is 6.07 Å². The van der Waals surface area contributed by atoms with Crippen molar-refractivity contribution in [3.63, 3.8) is 0 Å². The molecule has 2 rings (SSSR count). The molecule has 96 valence electrons. The molecule has 0 radical (unpaired) electrons. The van der Waals surface area contributed by atoms with Gasteiger partial charge in [0.2, 0.25) is 0 Å². The van der Waals surface area contributed by atoms with Crippen LogP contribution in [0.2, 0.25) is 10.0 Å². The van der Waals surface area contributed by atoms with E-state index in [0.717, 1.165) is 25.0 Å². The van der Waals surface area contributed by atoms with E-state index in [1.54, 1.807) is 18.2 Å². The molecular formula is C13H14Cl2N2O. The summed E-state index contributed by atoms with van der Waals surface area (Å²) in [4.78, 5) is 0. The van der Waals surface area contributed by atoms with Gasteiger partial charge < -0.3 is 4.74 Å². The first-order chi connectivity index (χ1) is 8.69. The van der Waals surface area contributed by atoms with Gasteiger partial charge in [0, 0.05) is 23.2 Å². The Kier molecular flexibility index (Phi) is 4.85. The van der Waals surface area contributed by atoms with Crippen molar-refractivity contribution in [1.29, 1.82) is 5.26 Å². The number of ether oxygens (including phenoxy) is 1. The summed E-state index contributed by atoms with van der Waals surface area (Å²) in [6.45, 7) is 1.48. The predicted octanol–water partition coefficient (Wildman–Crippen LogP) is 3.33. The van der Waals surface area contributed by atoms with E-state index < -0.39 is 6.04 Å². The summed E-state index contributed by atoms with van der Waals surface area (Å²) >= 11 is 11.9. The maximum atomic E-state index is 9.20. The number of nitrogens with one attached hydrogen (secondary N) is 1. The van der Waals surface area contributed by atoms with Gasteiger partial charge >= 0.3 is 0 Å². The topological polar surface area (TPSA) is 45.0 Å². The molecule has 0 aliphatic carbocycles. The molecule has 3 nitrogen and oxygen atoms in total. The molecule has 1 aromatic rings. The summed E-state index contributed by atoms with van der Waals surface area (Å²) in [7, 11) is 0. The number of benzene rings is 1. The van der Waals surface area contributed by atoms with Gasteiger partial charge in [0.1, 0.15) is 6.04 Å². The molecule has 0 aromatic heterocycles. The van der Waals surface area contributed by atoms with Crippen LogP contribution in [0.25, 0.3) is 0 Å². The average Bonchev–Trinajstić information content (AvgIpc) is 2.81. The zero-order valence-electron chi connectivity index (χ0n) is 9.83. The van der Waals surface area contributed by atoms with E-state index in [0.29, 0.717) is 16.6 Å². The largest absolute Gasteiger partial charge is 0.377 e. The molecule has 1 aromatic carbocycles. The molecule has 1 saturated heterocycles. The second-order valence-electron chi connectivity index (χ2n) is 4.31. The van der Waals surface area contributed by atoms with Crippen molar-refractivity contribution in [3.05, 3.63) is 33.8 Å². The highest BCUT2D eigenvalue weighted by atomic mass is 35.5. The van der Waals surface area contributed by atoms with Crippen molar-refractivity contribution >= 4 is 23.2 Å². The van der Waals surface area contributed by atoms with Crippen LogP contribution in [0.4, 0.5) is 0 Å². The molecule has 5 heteroatoms. The number of hydrogen-bond acceptors (Lipinski definition) is 3. The molecule has 0 bridgehead atoms. The molecule has 2 unspecified atom stereocenters. The molecule has 1 aliphatic rings. The number of rotatable bonds is 4. The quantitative estimate of drug-likeness (QED) is 0.923. The third-order valence-corrected chi connectivity index (χ3v) is 3.36. The van der Waals surface area contributed by atoms with E-state index in [1.165, 1.54) is 0 Å². The minimum Gasteiger partial charge on any atom is -0.377 e. The summed E-state index contributed by atoms with van der Waals surface area (Å²) in [6.07, 6.45) is 2.34. The lowest BCUT2D eigenvalue weighted by Crippen LogP contribution is -2.29. The predicted molar refractivity (Wildman–Crippen MR) is 71.8 cm³/mol. The summed E-state index contributed by atoms with van der Waals surface area (Å²) in [5.41, 5.74) is 0.785. The Hall–Kier alpha value is -0.790. The van der Waals surface area contributed by atoms with Crippen molar-refractivity contribution < 1.29 is 4.74 Å². The van der Waals surface area contributed by atoms with Crippen LogP contribution < -0.4 is 5.32 Å². The summed E-state index contributed by atoms with van der Waals surface area (Å²) < 4.78 is 5.51. The smallest absolute Gasteiger partial charge is 0.121 e. The van der Waals surface area contributed by atoms with Gasteiger partial charge in [-0.15, -0.1) is 0 Å². The van der Waals surface area contributed by atoms with Crippen LogP contribution in [0.1, 0.15) is 24.4 Å². The Labute approximate surface area is 117 Å². The Morgan fingerprint density at radius 2 is 2.11 bits per heavy atom. The van der Waals surface area contributed by atoms with E-state index in [-0.39, 0.29) is 6.10 Å². The van der Waals surface area contributed by atoms with Gasteiger partial charge in [-0.1, -0.05) is 23.2 Å². The van der Waals surface area contributed by atoms with E-state index in [1.807, 2.05) is 0 Å².